The van der Waals surface area contributed by atoms with Crippen LogP contribution < -0.4 is 20.1 Å². The largest absolute Gasteiger partial charge is 0.497 e. The Morgan fingerprint density at radius 2 is 1.96 bits per heavy atom. The first kappa shape index (κ1) is 18.7. The maximum Gasteiger partial charge on any atom is 0.191 e. The highest BCUT2D eigenvalue weighted by Gasteiger charge is 2.12. The highest BCUT2D eigenvalue weighted by Crippen LogP contribution is 2.20. The number of guanidine groups is 1. The highest BCUT2D eigenvalue weighted by atomic mass is 16.5. The lowest BCUT2D eigenvalue weighted by Crippen LogP contribution is -2.42. The summed E-state index contributed by atoms with van der Waals surface area (Å²) in [5, 5.41) is 6.57. The number of furan rings is 1. The molecule has 25 heavy (non-hydrogen) atoms. The van der Waals surface area contributed by atoms with E-state index < -0.39 is 0 Å². The molecular weight excluding hydrogens is 318 g/mol. The van der Waals surface area contributed by atoms with Gasteiger partial charge in [-0.3, -0.25) is 4.99 Å². The zero-order chi connectivity index (χ0) is 18.2. The molecule has 0 amide bonds. The normalized spacial score (nSPS) is 13.9. The lowest BCUT2D eigenvalue weighted by molar-refractivity contribution is 0.222. The zero-order valence-corrected chi connectivity index (χ0v) is 15.5. The van der Waals surface area contributed by atoms with Crippen molar-refractivity contribution in [2.45, 2.75) is 32.9 Å². The average molecular weight is 345 g/mol. The van der Waals surface area contributed by atoms with Crippen molar-refractivity contribution in [1.29, 1.82) is 0 Å². The van der Waals surface area contributed by atoms with Crippen LogP contribution in [0.25, 0.3) is 0 Å². The minimum absolute atomic E-state index is 0.0227. The van der Waals surface area contributed by atoms with E-state index in [1.807, 2.05) is 57.2 Å². The van der Waals surface area contributed by atoms with Crippen LogP contribution in [0.15, 0.2) is 45.8 Å². The van der Waals surface area contributed by atoms with Gasteiger partial charge in [0.1, 0.15) is 29.1 Å². The Balaban J connectivity index is 1.83. The molecule has 2 unspecified atom stereocenters. The first-order valence-corrected chi connectivity index (χ1v) is 8.36. The Bertz CT molecular complexity index is 697. The molecule has 0 aliphatic heterocycles. The van der Waals surface area contributed by atoms with Gasteiger partial charge in [-0.15, -0.1) is 0 Å². The molecule has 6 nitrogen and oxygen atoms in total. The molecule has 0 aliphatic carbocycles. The van der Waals surface area contributed by atoms with Crippen molar-refractivity contribution in [3.05, 3.63) is 47.9 Å². The number of rotatable bonds is 7. The number of nitrogens with zero attached hydrogens (tertiary/aromatic N) is 1. The summed E-state index contributed by atoms with van der Waals surface area (Å²) in [6.45, 7) is 6.57. The number of hydrogen-bond acceptors (Lipinski definition) is 4. The Morgan fingerprint density at radius 3 is 2.60 bits per heavy atom. The molecule has 6 heteroatoms. The number of aliphatic imine (C=N–C) groups is 1. The van der Waals surface area contributed by atoms with Gasteiger partial charge >= 0.3 is 0 Å². The van der Waals surface area contributed by atoms with Gasteiger partial charge in [0.15, 0.2) is 5.96 Å². The molecule has 0 bridgehead atoms. The number of hydrogen-bond donors (Lipinski definition) is 2. The van der Waals surface area contributed by atoms with Gasteiger partial charge in [-0.1, -0.05) is 6.07 Å². The van der Waals surface area contributed by atoms with E-state index in [0.717, 1.165) is 23.0 Å². The summed E-state index contributed by atoms with van der Waals surface area (Å²) in [4.78, 5) is 4.24. The van der Waals surface area contributed by atoms with E-state index in [-0.39, 0.29) is 12.1 Å². The van der Waals surface area contributed by atoms with Crippen LogP contribution in [0.4, 0.5) is 0 Å². The number of ether oxygens (including phenoxy) is 2. The quantitative estimate of drug-likeness (QED) is 0.595. The monoisotopic (exact) mass is 345 g/mol. The molecule has 1 aromatic heterocycles. The van der Waals surface area contributed by atoms with Crippen molar-refractivity contribution in [2.24, 2.45) is 4.99 Å². The van der Waals surface area contributed by atoms with Gasteiger partial charge in [0.05, 0.1) is 19.7 Å². The van der Waals surface area contributed by atoms with E-state index in [0.29, 0.717) is 12.5 Å². The number of aryl methyl sites for hydroxylation is 1. The third-order valence-corrected chi connectivity index (χ3v) is 3.70. The Kier molecular flexibility index (Phi) is 6.74. The van der Waals surface area contributed by atoms with Crippen LogP contribution in [-0.4, -0.2) is 32.8 Å². The predicted octanol–water partition coefficient (Wildman–Crippen LogP) is 3.29. The molecule has 2 N–H and O–H groups in total. The van der Waals surface area contributed by atoms with Gasteiger partial charge in [-0.2, -0.15) is 0 Å². The number of benzene rings is 1. The summed E-state index contributed by atoms with van der Waals surface area (Å²) < 4.78 is 16.7. The van der Waals surface area contributed by atoms with E-state index in [1.54, 1.807) is 14.2 Å². The standard InChI is InChI=1S/C19H27N3O3/c1-13-9-10-18(25-13)15(3)22-19(20-4)21-12-14(2)24-17-8-6-7-16(11-17)23-5/h6-11,14-15H,12H2,1-5H3,(H2,20,21,22). The van der Waals surface area contributed by atoms with Crippen LogP contribution in [0, 0.1) is 6.92 Å². The molecule has 0 saturated heterocycles. The van der Waals surface area contributed by atoms with Crippen molar-refractivity contribution in [3.8, 4) is 11.5 Å². The fourth-order valence-electron chi connectivity index (χ4n) is 2.35. The van der Waals surface area contributed by atoms with Crippen LogP contribution >= 0.6 is 0 Å². The molecule has 2 rings (SSSR count). The summed E-state index contributed by atoms with van der Waals surface area (Å²) >= 11 is 0. The van der Waals surface area contributed by atoms with E-state index in [1.165, 1.54) is 0 Å². The maximum absolute atomic E-state index is 5.90. The van der Waals surface area contributed by atoms with Gasteiger partial charge in [-0.05, 0) is 45.0 Å². The van der Waals surface area contributed by atoms with E-state index in [4.69, 9.17) is 13.9 Å². The van der Waals surface area contributed by atoms with Gasteiger partial charge in [0.2, 0.25) is 0 Å². The van der Waals surface area contributed by atoms with Crippen molar-refractivity contribution < 1.29 is 13.9 Å². The lowest BCUT2D eigenvalue weighted by atomic mass is 10.2. The summed E-state index contributed by atoms with van der Waals surface area (Å²) in [5.74, 6) is 4.02. The van der Waals surface area contributed by atoms with E-state index >= 15 is 0 Å². The van der Waals surface area contributed by atoms with Crippen LogP contribution in [-0.2, 0) is 0 Å². The minimum atomic E-state index is -0.0354. The van der Waals surface area contributed by atoms with Gasteiger partial charge in [0, 0.05) is 13.1 Å². The molecule has 2 aromatic rings. The molecule has 1 aromatic carbocycles. The fraction of sp³-hybridized carbons (Fsp3) is 0.421. The molecule has 0 radical (unpaired) electrons. The smallest absolute Gasteiger partial charge is 0.191 e. The third kappa shape index (κ3) is 5.74. The summed E-state index contributed by atoms with van der Waals surface area (Å²) in [6, 6.07) is 11.5. The first-order valence-electron chi connectivity index (χ1n) is 8.36. The number of nitrogens with one attached hydrogen (secondary N) is 2. The molecular formula is C19H27N3O3. The summed E-state index contributed by atoms with van der Waals surface area (Å²) in [5.41, 5.74) is 0. The van der Waals surface area contributed by atoms with Crippen molar-refractivity contribution in [3.63, 3.8) is 0 Å². The minimum Gasteiger partial charge on any atom is -0.497 e. The molecule has 0 spiro atoms. The topological polar surface area (TPSA) is 68.0 Å². The molecule has 1 heterocycles. The third-order valence-electron chi connectivity index (χ3n) is 3.70. The Morgan fingerprint density at radius 1 is 1.20 bits per heavy atom. The van der Waals surface area contributed by atoms with Crippen LogP contribution in [0.1, 0.15) is 31.4 Å². The first-order chi connectivity index (χ1) is 12.0. The zero-order valence-electron chi connectivity index (χ0n) is 15.5. The van der Waals surface area contributed by atoms with Crippen LogP contribution in [0.2, 0.25) is 0 Å². The highest BCUT2D eigenvalue weighted by molar-refractivity contribution is 5.80. The van der Waals surface area contributed by atoms with Gasteiger partial charge in [-0.25, -0.2) is 0 Å². The van der Waals surface area contributed by atoms with Crippen molar-refractivity contribution in [1.82, 2.24) is 10.6 Å². The second kappa shape index (κ2) is 9.01. The van der Waals surface area contributed by atoms with Crippen molar-refractivity contribution >= 4 is 5.96 Å². The SMILES string of the molecule is CN=C(NCC(C)Oc1cccc(OC)c1)NC(C)c1ccc(C)o1. The predicted molar refractivity (Wildman–Crippen MR) is 99.4 cm³/mol. The maximum atomic E-state index is 5.90. The Labute approximate surface area is 149 Å². The Hall–Kier alpha value is -2.63. The molecule has 0 fully saturated rings. The van der Waals surface area contributed by atoms with Gasteiger partial charge in [0.25, 0.3) is 0 Å². The lowest BCUT2D eigenvalue weighted by Gasteiger charge is -2.20. The van der Waals surface area contributed by atoms with E-state index in [2.05, 4.69) is 15.6 Å². The van der Waals surface area contributed by atoms with Gasteiger partial charge < -0.3 is 24.5 Å². The molecule has 136 valence electrons. The average Bonchev–Trinajstić information content (AvgIpc) is 3.05. The van der Waals surface area contributed by atoms with Crippen molar-refractivity contribution in [2.75, 3.05) is 20.7 Å². The molecule has 0 saturated carbocycles. The second-order valence-electron chi connectivity index (χ2n) is 5.88. The summed E-state index contributed by atoms with van der Waals surface area (Å²) in [7, 11) is 3.38. The fourth-order valence-corrected chi connectivity index (χ4v) is 2.35. The van der Waals surface area contributed by atoms with Crippen LogP contribution in [0.5, 0.6) is 11.5 Å². The number of methoxy groups -OCH3 is 1. The van der Waals surface area contributed by atoms with Crippen LogP contribution in [0.3, 0.4) is 0 Å². The van der Waals surface area contributed by atoms with E-state index in [9.17, 15) is 0 Å². The summed E-state index contributed by atoms with van der Waals surface area (Å²) in [6.07, 6.45) is -0.0354. The second-order valence-corrected chi connectivity index (χ2v) is 5.88. The molecule has 2 atom stereocenters. The molecule has 0 aliphatic rings.